The van der Waals surface area contributed by atoms with Gasteiger partial charge >= 0.3 is 0 Å². The minimum atomic E-state index is -0.137. The highest BCUT2D eigenvalue weighted by Crippen LogP contribution is 2.17. The Morgan fingerprint density at radius 3 is 2.67 bits per heavy atom. The largest absolute Gasteiger partial charge is 0.497 e. The number of halogens is 1. The van der Waals surface area contributed by atoms with Gasteiger partial charge in [-0.15, -0.1) is 10.2 Å². The highest BCUT2D eigenvalue weighted by Gasteiger charge is 2.12. The molecule has 156 valence electrons. The fourth-order valence-corrected chi connectivity index (χ4v) is 3.24. The topological polar surface area (TPSA) is 119 Å². The van der Waals surface area contributed by atoms with Crippen LogP contribution < -0.4 is 21.3 Å². The third-order valence-corrected chi connectivity index (χ3v) is 5.37. The van der Waals surface area contributed by atoms with E-state index in [1.807, 2.05) is 48.5 Å². The number of aromatic nitrogens is 3. The second-order valence-electron chi connectivity index (χ2n) is 6.01. The number of anilines is 1. The SMILES string of the molecule is COc1ccc(CNC(=O)CSc2nnc(N/N=C/c3ccc(Br)cc3)n2N)cc1. The third kappa shape index (κ3) is 6.22. The van der Waals surface area contributed by atoms with Crippen LogP contribution in [0.1, 0.15) is 11.1 Å². The lowest BCUT2D eigenvalue weighted by Crippen LogP contribution is -2.25. The molecule has 0 unspecified atom stereocenters. The maximum Gasteiger partial charge on any atom is 0.264 e. The Morgan fingerprint density at radius 1 is 1.23 bits per heavy atom. The first-order chi connectivity index (χ1) is 14.5. The number of hydrogen-bond donors (Lipinski definition) is 3. The molecule has 0 aliphatic carbocycles. The van der Waals surface area contributed by atoms with E-state index in [-0.39, 0.29) is 17.6 Å². The van der Waals surface area contributed by atoms with Crippen LogP contribution in [0.25, 0.3) is 0 Å². The molecule has 4 N–H and O–H groups in total. The zero-order chi connectivity index (χ0) is 21.3. The molecule has 0 aliphatic rings. The van der Waals surface area contributed by atoms with Crippen LogP contribution in [0.5, 0.6) is 5.75 Å². The van der Waals surface area contributed by atoms with E-state index in [2.05, 4.69) is 42.0 Å². The van der Waals surface area contributed by atoms with Gasteiger partial charge in [-0.3, -0.25) is 4.79 Å². The number of amides is 1. The Labute approximate surface area is 186 Å². The van der Waals surface area contributed by atoms with E-state index >= 15 is 0 Å². The molecule has 1 heterocycles. The number of carbonyl (C=O) groups is 1. The molecule has 30 heavy (non-hydrogen) atoms. The summed E-state index contributed by atoms with van der Waals surface area (Å²) >= 11 is 4.56. The first-order valence-corrected chi connectivity index (χ1v) is 10.6. The van der Waals surface area contributed by atoms with Crippen molar-refractivity contribution >= 4 is 45.8 Å². The predicted octanol–water partition coefficient (Wildman–Crippen LogP) is 2.62. The summed E-state index contributed by atoms with van der Waals surface area (Å²) in [6, 6.07) is 15.2. The van der Waals surface area contributed by atoms with Crippen molar-refractivity contribution in [2.75, 3.05) is 24.1 Å². The molecule has 2 aromatic carbocycles. The minimum Gasteiger partial charge on any atom is -0.497 e. The van der Waals surface area contributed by atoms with E-state index in [1.165, 1.54) is 16.4 Å². The fourth-order valence-electron chi connectivity index (χ4n) is 2.29. The minimum absolute atomic E-state index is 0.137. The van der Waals surface area contributed by atoms with Crippen molar-refractivity contribution in [2.24, 2.45) is 5.10 Å². The van der Waals surface area contributed by atoms with Gasteiger partial charge in [-0.1, -0.05) is 52.0 Å². The van der Waals surface area contributed by atoms with Crippen molar-refractivity contribution in [1.82, 2.24) is 20.2 Å². The molecular weight excluding hydrogens is 470 g/mol. The molecule has 9 nitrogen and oxygen atoms in total. The Kier molecular flexibility index (Phi) is 7.69. The van der Waals surface area contributed by atoms with Gasteiger partial charge in [0.05, 0.1) is 19.1 Å². The Morgan fingerprint density at radius 2 is 1.97 bits per heavy atom. The molecule has 0 saturated carbocycles. The molecule has 0 spiro atoms. The van der Waals surface area contributed by atoms with Crippen molar-refractivity contribution < 1.29 is 9.53 Å². The van der Waals surface area contributed by atoms with Crippen molar-refractivity contribution in [2.45, 2.75) is 11.7 Å². The number of nitrogens with one attached hydrogen (secondary N) is 2. The molecule has 1 amide bonds. The summed E-state index contributed by atoms with van der Waals surface area (Å²) in [6.45, 7) is 0.427. The highest BCUT2D eigenvalue weighted by atomic mass is 79.9. The van der Waals surface area contributed by atoms with Gasteiger partial charge in [0.15, 0.2) is 0 Å². The maximum atomic E-state index is 12.1. The van der Waals surface area contributed by atoms with Crippen molar-refractivity contribution in [1.29, 1.82) is 0 Å². The summed E-state index contributed by atoms with van der Waals surface area (Å²) in [4.78, 5) is 12.1. The molecule has 1 aromatic heterocycles. The monoisotopic (exact) mass is 489 g/mol. The van der Waals surface area contributed by atoms with Gasteiger partial charge in [0.2, 0.25) is 11.1 Å². The predicted molar refractivity (Wildman–Crippen MR) is 121 cm³/mol. The van der Waals surface area contributed by atoms with Crippen molar-refractivity contribution in [3.8, 4) is 5.75 Å². The van der Waals surface area contributed by atoms with Crippen LogP contribution >= 0.6 is 27.7 Å². The second-order valence-corrected chi connectivity index (χ2v) is 7.87. The number of benzene rings is 2. The van der Waals surface area contributed by atoms with Crippen LogP contribution in [0.4, 0.5) is 5.95 Å². The van der Waals surface area contributed by atoms with E-state index in [1.54, 1.807) is 13.3 Å². The van der Waals surface area contributed by atoms with E-state index in [9.17, 15) is 4.79 Å². The van der Waals surface area contributed by atoms with Crippen molar-refractivity contribution in [3.05, 3.63) is 64.1 Å². The number of nitrogens with zero attached hydrogens (tertiary/aromatic N) is 4. The molecule has 0 aliphatic heterocycles. The van der Waals surface area contributed by atoms with Gasteiger partial charge in [-0.05, 0) is 35.4 Å². The molecule has 3 aromatic rings. The first kappa shape index (κ1) is 21.7. The van der Waals surface area contributed by atoms with Gasteiger partial charge < -0.3 is 15.9 Å². The number of ether oxygens (including phenoxy) is 1. The quantitative estimate of drug-likeness (QED) is 0.183. The standard InChI is InChI=1S/C19H20BrN7O2S/c1-29-16-8-4-13(5-9-16)10-22-17(28)12-30-19-26-25-18(27(19)21)24-23-11-14-2-6-15(20)7-3-14/h2-9,11H,10,12,21H2,1H3,(H,22,28)(H,24,25)/b23-11+. The van der Waals surface area contributed by atoms with Gasteiger partial charge in [-0.25, -0.2) is 10.1 Å². The summed E-state index contributed by atoms with van der Waals surface area (Å²) in [5.41, 5.74) is 4.63. The highest BCUT2D eigenvalue weighted by molar-refractivity contribution is 9.10. The number of methoxy groups -OCH3 is 1. The number of hydrogen-bond acceptors (Lipinski definition) is 8. The van der Waals surface area contributed by atoms with E-state index < -0.39 is 0 Å². The molecule has 0 saturated heterocycles. The van der Waals surface area contributed by atoms with Crippen LogP contribution in [-0.2, 0) is 11.3 Å². The zero-order valence-electron chi connectivity index (χ0n) is 16.1. The average Bonchev–Trinajstić information content (AvgIpc) is 3.12. The molecular formula is C19H20BrN7O2S. The molecule has 0 bridgehead atoms. The molecule has 0 radical (unpaired) electrons. The van der Waals surface area contributed by atoms with E-state index in [4.69, 9.17) is 10.6 Å². The van der Waals surface area contributed by atoms with Gasteiger partial charge in [0.25, 0.3) is 5.95 Å². The number of rotatable bonds is 9. The Balaban J connectivity index is 1.45. The number of carbonyl (C=O) groups excluding carboxylic acids is 1. The van der Waals surface area contributed by atoms with Crippen LogP contribution in [0.3, 0.4) is 0 Å². The molecule has 3 rings (SSSR count). The van der Waals surface area contributed by atoms with Crippen LogP contribution in [0.15, 0.2) is 63.3 Å². The van der Waals surface area contributed by atoms with Crippen molar-refractivity contribution in [3.63, 3.8) is 0 Å². The summed E-state index contributed by atoms with van der Waals surface area (Å²) < 4.78 is 7.35. The molecule has 0 atom stereocenters. The lowest BCUT2D eigenvalue weighted by atomic mass is 10.2. The third-order valence-electron chi connectivity index (χ3n) is 3.89. The Hall–Kier alpha value is -3.05. The normalized spacial score (nSPS) is 10.9. The number of hydrazone groups is 1. The maximum absolute atomic E-state index is 12.1. The number of thioether (sulfide) groups is 1. The average molecular weight is 490 g/mol. The van der Waals surface area contributed by atoms with E-state index in [0.29, 0.717) is 11.7 Å². The van der Waals surface area contributed by atoms with Gasteiger partial charge in [-0.2, -0.15) is 5.10 Å². The zero-order valence-corrected chi connectivity index (χ0v) is 18.5. The summed E-state index contributed by atoms with van der Waals surface area (Å²) in [6.07, 6.45) is 1.64. The molecule has 11 heteroatoms. The smallest absolute Gasteiger partial charge is 0.264 e. The van der Waals surface area contributed by atoms with Crippen LogP contribution in [0, 0.1) is 0 Å². The Bertz CT molecular complexity index is 1010. The second kappa shape index (κ2) is 10.6. The lowest BCUT2D eigenvalue weighted by molar-refractivity contribution is -0.118. The van der Waals surface area contributed by atoms with E-state index in [0.717, 1.165) is 21.3 Å². The first-order valence-electron chi connectivity index (χ1n) is 8.82. The number of nitrogens with two attached hydrogens (primary N) is 1. The van der Waals surface area contributed by atoms with Gasteiger partial charge in [0.1, 0.15) is 5.75 Å². The van der Waals surface area contributed by atoms with Crippen LogP contribution in [-0.4, -0.2) is 39.9 Å². The summed E-state index contributed by atoms with van der Waals surface area (Å²) in [5.74, 6) is 7.03. The van der Waals surface area contributed by atoms with Crippen LogP contribution in [0.2, 0.25) is 0 Å². The molecule has 0 fully saturated rings. The summed E-state index contributed by atoms with van der Waals surface area (Å²) in [5, 5.41) is 15.3. The van der Waals surface area contributed by atoms with Gasteiger partial charge in [0, 0.05) is 11.0 Å². The number of nitrogen functional groups attached to an aromatic ring is 1. The summed E-state index contributed by atoms with van der Waals surface area (Å²) in [7, 11) is 1.61. The lowest BCUT2D eigenvalue weighted by Gasteiger charge is -2.06. The fraction of sp³-hybridized carbons (Fsp3) is 0.158.